The Morgan fingerprint density at radius 1 is 1.09 bits per heavy atom. The van der Waals surface area contributed by atoms with Crippen molar-refractivity contribution in [2.45, 2.75) is 11.8 Å². The van der Waals surface area contributed by atoms with Crippen molar-refractivity contribution in [2.75, 3.05) is 11.4 Å². The van der Waals surface area contributed by atoms with Crippen molar-refractivity contribution >= 4 is 43.2 Å². The van der Waals surface area contributed by atoms with Crippen LogP contribution >= 0.6 is 11.3 Å². The summed E-state index contributed by atoms with van der Waals surface area (Å²) in [6, 6.07) is 11.0. The van der Waals surface area contributed by atoms with Gasteiger partial charge in [0.05, 0.1) is 32.1 Å². The molecule has 4 rings (SSSR count). The number of nitrogens with one attached hydrogen (secondary N) is 1. The number of sulfonamides is 1. The quantitative estimate of drug-likeness (QED) is 0.325. The average molecular weight is 471 g/mol. The number of hydrogen-bond donors (Lipinski definition) is 2. The van der Waals surface area contributed by atoms with Crippen LogP contribution < -0.4 is 14.5 Å². The standard InChI is InChI=1S/C21H18N4O5S2/c1-13-18(21(26)24-27)19(20-17(23-13)9-12-31-20)25(2)32(28,29)16-5-3-14(4-6-16)30-15-7-10-22-11-8-15/h3-12,27H,1-2H3,(H,24,26). The van der Waals surface area contributed by atoms with Gasteiger partial charge in [-0.2, -0.15) is 0 Å². The van der Waals surface area contributed by atoms with E-state index in [9.17, 15) is 18.4 Å². The van der Waals surface area contributed by atoms with E-state index < -0.39 is 15.9 Å². The molecule has 0 aliphatic heterocycles. The van der Waals surface area contributed by atoms with Crippen molar-refractivity contribution in [1.82, 2.24) is 15.4 Å². The molecule has 9 nitrogen and oxygen atoms in total. The summed E-state index contributed by atoms with van der Waals surface area (Å²) in [6.07, 6.45) is 3.18. The molecule has 164 valence electrons. The van der Waals surface area contributed by atoms with E-state index in [0.717, 1.165) is 4.31 Å². The molecule has 0 bridgehead atoms. The summed E-state index contributed by atoms with van der Waals surface area (Å²) in [4.78, 5) is 20.6. The molecule has 11 heteroatoms. The van der Waals surface area contributed by atoms with Crippen LogP contribution in [0.2, 0.25) is 0 Å². The molecule has 1 amide bonds. The smallest absolute Gasteiger partial charge is 0.278 e. The van der Waals surface area contributed by atoms with Gasteiger partial charge in [-0.1, -0.05) is 0 Å². The molecule has 0 saturated heterocycles. The monoisotopic (exact) mass is 470 g/mol. The highest BCUT2D eigenvalue weighted by Crippen LogP contribution is 2.37. The van der Waals surface area contributed by atoms with E-state index in [1.54, 1.807) is 60.5 Å². The Morgan fingerprint density at radius 3 is 2.41 bits per heavy atom. The lowest BCUT2D eigenvalue weighted by Crippen LogP contribution is -2.31. The van der Waals surface area contributed by atoms with E-state index in [2.05, 4.69) is 9.97 Å². The largest absolute Gasteiger partial charge is 0.457 e. The number of amides is 1. The molecule has 0 unspecified atom stereocenters. The molecule has 0 atom stereocenters. The number of aryl methyl sites for hydroxylation is 1. The van der Waals surface area contributed by atoms with E-state index in [1.807, 2.05) is 0 Å². The molecule has 32 heavy (non-hydrogen) atoms. The van der Waals surface area contributed by atoms with Crippen molar-refractivity contribution in [1.29, 1.82) is 0 Å². The highest BCUT2D eigenvalue weighted by atomic mass is 32.2. The van der Waals surface area contributed by atoms with Gasteiger partial charge in [-0.05, 0) is 54.8 Å². The first-order chi connectivity index (χ1) is 15.3. The van der Waals surface area contributed by atoms with E-state index in [0.29, 0.717) is 27.4 Å². The van der Waals surface area contributed by atoms with Gasteiger partial charge in [0, 0.05) is 19.4 Å². The third kappa shape index (κ3) is 3.88. The van der Waals surface area contributed by atoms with Crippen LogP contribution in [-0.2, 0) is 10.0 Å². The maximum atomic E-state index is 13.4. The Balaban J connectivity index is 1.74. The first kappa shape index (κ1) is 21.7. The van der Waals surface area contributed by atoms with Gasteiger partial charge in [-0.25, -0.2) is 13.9 Å². The van der Waals surface area contributed by atoms with Gasteiger partial charge in [-0.3, -0.25) is 24.3 Å². The predicted molar refractivity (Wildman–Crippen MR) is 120 cm³/mol. The van der Waals surface area contributed by atoms with Crippen LogP contribution in [0, 0.1) is 6.92 Å². The molecule has 0 saturated carbocycles. The summed E-state index contributed by atoms with van der Waals surface area (Å²) in [6.45, 7) is 1.58. The number of hydroxylamine groups is 1. The fourth-order valence-electron chi connectivity index (χ4n) is 3.22. The fourth-order valence-corrected chi connectivity index (χ4v) is 5.41. The Morgan fingerprint density at radius 2 is 1.75 bits per heavy atom. The summed E-state index contributed by atoms with van der Waals surface area (Å²) < 4.78 is 34.0. The average Bonchev–Trinajstić information content (AvgIpc) is 3.26. The Labute approximate surface area is 187 Å². The number of ether oxygens (including phenoxy) is 1. The maximum absolute atomic E-state index is 13.4. The zero-order valence-corrected chi connectivity index (χ0v) is 18.6. The summed E-state index contributed by atoms with van der Waals surface area (Å²) in [5.41, 5.74) is 2.55. The number of thiophene rings is 1. The minimum Gasteiger partial charge on any atom is -0.457 e. The number of fused-ring (bicyclic) bond motifs is 1. The Hall–Kier alpha value is -3.54. The molecule has 3 heterocycles. The number of hydrogen-bond acceptors (Lipinski definition) is 8. The molecule has 0 spiro atoms. The number of anilines is 1. The second kappa shape index (κ2) is 8.54. The molecule has 0 aliphatic rings. The second-order valence-electron chi connectivity index (χ2n) is 6.73. The maximum Gasteiger partial charge on any atom is 0.278 e. The summed E-state index contributed by atoms with van der Waals surface area (Å²) in [5.74, 6) is 0.182. The second-order valence-corrected chi connectivity index (χ2v) is 9.61. The number of rotatable bonds is 6. The van der Waals surface area contributed by atoms with Gasteiger partial charge < -0.3 is 4.74 Å². The molecule has 1 aromatic carbocycles. The summed E-state index contributed by atoms with van der Waals surface area (Å²) >= 11 is 1.25. The van der Waals surface area contributed by atoms with Crippen LogP contribution in [0.4, 0.5) is 5.69 Å². The molecule has 2 N–H and O–H groups in total. The zero-order valence-electron chi connectivity index (χ0n) is 17.0. The van der Waals surface area contributed by atoms with Gasteiger partial charge in [-0.15, -0.1) is 11.3 Å². The van der Waals surface area contributed by atoms with Crippen LogP contribution in [0.15, 0.2) is 65.1 Å². The van der Waals surface area contributed by atoms with Crippen LogP contribution in [0.5, 0.6) is 11.5 Å². The minimum atomic E-state index is -4.05. The number of carbonyl (C=O) groups excluding carboxylic acids is 1. The number of carbonyl (C=O) groups is 1. The summed E-state index contributed by atoms with van der Waals surface area (Å²) in [5, 5.41) is 11.0. The van der Waals surface area contributed by atoms with E-state index in [-0.39, 0.29) is 16.1 Å². The topological polar surface area (TPSA) is 122 Å². The van der Waals surface area contributed by atoms with E-state index >= 15 is 0 Å². The van der Waals surface area contributed by atoms with Crippen LogP contribution in [0.1, 0.15) is 16.1 Å². The molecular formula is C21H18N4O5S2. The predicted octanol–water partition coefficient (Wildman–Crippen LogP) is 3.74. The number of aromatic nitrogens is 2. The molecule has 0 aliphatic carbocycles. The van der Waals surface area contributed by atoms with Crippen molar-refractivity contribution in [3.63, 3.8) is 0 Å². The van der Waals surface area contributed by atoms with Crippen molar-refractivity contribution < 1.29 is 23.2 Å². The highest BCUT2D eigenvalue weighted by molar-refractivity contribution is 7.92. The molecule has 0 radical (unpaired) electrons. The lowest BCUT2D eigenvalue weighted by atomic mass is 10.1. The van der Waals surface area contributed by atoms with E-state index in [1.165, 1.54) is 30.5 Å². The van der Waals surface area contributed by atoms with Crippen molar-refractivity contribution in [3.05, 3.63) is 71.5 Å². The van der Waals surface area contributed by atoms with Crippen molar-refractivity contribution in [2.24, 2.45) is 0 Å². The van der Waals surface area contributed by atoms with Gasteiger partial charge in [0.2, 0.25) is 0 Å². The molecule has 4 aromatic rings. The SMILES string of the molecule is Cc1nc2ccsc2c(N(C)S(=O)(=O)c2ccc(Oc3ccncc3)cc2)c1C(=O)NO. The first-order valence-electron chi connectivity index (χ1n) is 9.32. The van der Waals surface area contributed by atoms with E-state index in [4.69, 9.17) is 4.74 Å². The highest BCUT2D eigenvalue weighted by Gasteiger charge is 2.29. The van der Waals surface area contributed by atoms with Gasteiger partial charge in [0.15, 0.2) is 0 Å². The molecule has 3 aromatic heterocycles. The van der Waals surface area contributed by atoms with Gasteiger partial charge in [0.1, 0.15) is 11.5 Å². The minimum absolute atomic E-state index is 0.0107. The number of nitrogens with zero attached hydrogens (tertiary/aromatic N) is 3. The van der Waals surface area contributed by atoms with Crippen LogP contribution in [0.25, 0.3) is 10.2 Å². The lowest BCUT2D eigenvalue weighted by Gasteiger charge is -2.23. The molecule has 0 fully saturated rings. The van der Waals surface area contributed by atoms with Crippen LogP contribution in [0.3, 0.4) is 0 Å². The number of benzene rings is 1. The summed E-state index contributed by atoms with van der Waals surface area (Å²) in [7, 11) is -2.69. The normalized spacial score (nSPS) is 11.3. The zero-order chi connectivity index (χ0) is 22.9. The van der Waals surface area contributed by atoms with Gasteiger partial charge in [0.25, 0.3) is 15.9 Å². The van der Waals surface area contributed by atoms with Gasteiger partial charge >= 0.3 is 0 Å². The van der Waals surface area contributed by atoms with Crippen LogP contribution in [-0.4, -0.2) is 36.5 Å². The Bertz CT molecular complexity index is 1390. The lowest BCUT2D eigenvalue weighted by molar-refractivity contribution is 0.0706. The Kier molecular flexibility index (Phi) is 5.78. The number of pyridine rings is 2. The van der Waals surface area contributed by atoms with Crippen molar-refractivity contribution in [3.8, 4) is 11.5 Å². The third-order valence-corrected chi connectivity index (χ3v) is 7.44. The first-order valence-corrected chi connectivity index (χ1v) is 11.6. The fraction of sp³-hybridized carbons (Fsp3) is 0.0952. The molecular weight excluding hydrogens is 452 g/mol. The third-order valence-electron chi connectivity index (χ3n) is 4.76.